The van der Waals surface area contributed by atoms with Crippen LogP contribution in [0, 0.1) is 22.7 Å². The topological polar surface area (TPSA) is 62.7 Å². The van der Waals surface area contributed by atoms with Crippen LogP contribution in [0.5, 0.6) is 0 Å². The van der Waals surface area contributed by atoms with Gasteiger partial charge in [-0.15, -0.1) is 0 Å². The van der Waals surface area contributed by atoms with E-state index >= 15 is 0 Å². The Morgan fingerprint density at radius 2 is 2.20 bits per heavy atom. The SMILES string of the molecule is CC1(C)C(C#N)C1c1nc(-c2ccc(Cl)c(Br)c2)no1. The monoisotopic (exact) mass is 351 g/mol. The molecule has 1 aliphatic rings. The van der Waals surface area contributed by atoms with Crippen molar-refractivity contribution in [3.05, 3.63) is 33.6 Å². The molecule has 0 amide bonds. The first-order valence-electron chi connectivity index (χ1n) is 6.14. The van der Waals surface area contributed by atoms with Crippen LogP contribution >= 0.6 is 27.5 Å². The van der Waals surface area contributed by atoms with Crippen LogP contribution in [0.1, 0.15) is 25.7 Å². The summed E-state index contributed by atoms with van der Waals surface area (Å²) in [6.45, 7) is 4.07. The highest BCUT2D eigenvalue weighted by atomic mass is 79.9. The summed E-state index contributed by atoms with van der Waals surface area (Å²) in [6, 6.07) is 7.74. The van der Waals surface area contributed by atoms with Crippen molar-refractivity contribution in [3.63, 3.8) is 0 Å². The van der Waals surface area contributed by atoms with E-state index in [4.69, 9.17) is 21.4 Å². The number of aromatic nitrogens is 2. The Hall–Kier alpha value is -1.38. The molecule has 2 atom stereocenters. The summed E-state index contributed by atoms with van der Waals surface area (Å²) < 4.78 is 6.10. The summed E-state index contributed by atoms with van der Waals surface area (Å²) in [5, 5.41) is 13.7. The summed E-state index contributed by atoms with van der Waals surface area (Å²) in [5.74, 6) is 0.997. The van der Waals surface area contributed by atoms with Gasteiger partial charge >= 0.3 is 0 Å². The standard InChI is InChI=1S/C14H11BrClN3O/c1-14(2)8(6-17)11(14)13-18-12(19-20-13)7-3-4-10(16)9(15)5-7/h3-5,8,11H,1-2H3. The van der Waals surface area contributed by atoms with Gasteiger partial charge < -0.3 is 4.52 Å². The van der Waals surface area contributed by atoms with Crippen LogP contribution in [0.2, 0.25) is 5.02 Å². The van der Waals surface area contributed by atoms with Crippen LogP contribution in [0.4, 0.5) is 0 Å². The van der Waals surface area contributed by atoms with Gasteiger partial charge in [0.15, 0.2) is 0 Å². The zero-order valence-corrected chi connectivity index (χ0v) is 13.2. The number of hydrogen-bond acceptors (Lipinski definition) is 4. The van der Waals surface area contributed by atoms with E-state index in [1.165, 1.54) is 0 Å². The van der Waals surface area contributed by atoms with Gasteiger partial charge in [-0.05, 0) is 39.5 Å². The fraction of sp³-hybridized carbons (Fsp3) is 0.357. The van der Waals surface area contributed by atoms with E-state index in [1.54, 1.807) is 6.07 Å². The average molecular weight is 353 g/mol. The molecule has 2 unspecified atom stereocenters. The van der Waals surface area contributed by atoms with Crippen molar-refractivity contribution in [2.75, 3.05) is 0 Å². The molecule has 1 aliphatic carbocycles. The van der Waals surface area contributed by atoms with Crippen molar-refractivity contribution in [1.82, 2.24) is 10.1 Å². The molecule has 6 heteroatoms. The lowest BCUT2D eigenvalue weighted by atomic mass is 10.1. The Labute approximate surface area is 129 Å². The third kappa shape index (κ3) is 2.04. The molecule has 1 aromatic carbocycles. The van der Waals surface area contributed by atoms with Crippen molar-refractivity contribution in [1.29, 1.82) is 5.26 Å². The lowest BCUT2D eigenvalue weighted by molar-refractivity contribution is 0.368. The first kappa shape index (κ1) is 13.6. The molecule has 0 N–H and O–H groups in total. The highest BCUT2D eigenvalue weighted by molar-refractivity contribution is 9.10. The zero-order chi connectivity index (χ0) is 14.5. The highest BCUT2D eigenvalue weighted by Gasteiger charge is 2.62. The summed E-state index contributed by atoms with van der Waals surface area (Å²) in [7, 11) is 0. The lowest BCUT2D eigenvalue weighted by Gasteiger charge is -1.98. The predicted octanol–water partition coefficient (Wildman–Crippen LogP) is 4.42. The van der Waals surface area contributed by atoms with Gasteiger partial charge in [0.2, 0.25) is 11.7 Å². The van der Waals surface area contributed by atoms with E-state index in [0.717, 1.165) is 10.0 Å². The Kier molecular flexibility index (Phi) is 3.11. The number of nitrogens with zero attached hydrogens (tertiary/aromatic N) is 3. The summed E-state index contributed by atoms with van der Waals surface area (Å²) in [4.78, 5) is 4.41. The molecule has 102 valence electrons. The Balaban J connectivity index is 1.92. The van der Waals surface area contributed by atoms with Crippen molar-refractivity contribution in [2.24, 2.45) is 11.3 Å². The van der Waals surface area contributed by atoms with Gasteiger partial charge in [-0.25, -0.2) is 0 Å². The molecule has 3 rings (SSSR count). The van der Waals surface area contributed by atoms with E-state index in [1.807, 2.05) is 26.0 Å². The molecular weight excluding hydrogens is 342 g/mol. The Bertz CT molecular complexity index is 719. The molecule has 1 heterocycles. The number of benzene rings is 1. The van der Waals surface area contributed by atoms with Crippen molar-refractivity contribution < 1.29 is 4.52 Å². The van der Waals surface area contributed by atoms with E-state index in [0.29, 0.717) is 16.7 Å². The predicted molar refractivity (Wildman–Crippen MR) is 78.1 cm³/mol. The van der Waals surface area contributed by atoms with E-state index in [2.05, 4.69) is 32.1 Å². The minimum Gasteiger partial charge on any atom is -0.339 e. The van der Waals surface area contributed by atoms with Crippen LogP contribution in [0.25, 0.3) is 11.4 Å². The number of halogens is 2. The maximum Gasteiger partial charge on any atom is 0.232 e. The third-order valence-electron chi connectivity index (χ3n) is 3.85. The van der Waals surface area contributed by atoms with Crippen molar-refractivity contribution in [3.8, 4) is 17.5 Å². The van der Waals surface area contributed by atoms with Crippen LogP contribution in [-0.4, -0.2) is 10.1 Å². The van der Waals surface area contributed by atoms with Gasteiger partial charge in [-0.1, -0.05) is 30.6 Å². The molecular formula is C14H11BrClN3O. The van der Waals surface area contributed by atoms with Gasteiger partial charge in [0.05, 0.1) is 22.9 Å². The second kappa shape index (κ2) is 4.57. The van der Waals surface area contributed by atoms with Gasteiger partial charge in [0.25, 0.3) is 0 Å². The second-order valence-electron chi connectivity index (χ2n) is 5.49. The van der Waals surface area contributed by atoms with Crippen LogP contribution in [0.3, 0.4) is 0 Å². The third-order valence-corrected chi connectivity index (χ3v) is 5.07. The highest BCUT2D eigenvalue weighted by Crippen LogP contribution is 2.63. The zero-order valence-electron chi connectivity index (χ0n) is 10.9. The minimum absolute atomic E-state index is 0.0180. The van der Waals surface area contributed by atoms with Crippen molar-refractivity contribution in [2.45, 2.75) is 19.8 Å². The first-order valence-corrected chi connectivity index (χ1v) is 7.31. The molecule has 20 heavy (non-hydrogen) atoms. The maximum absolute atomic E-state index is 9.10. The van der Waals surface area contributed by atoms with E-state index in [-0.39, 0.29) is 17.3 Å². The molecule has 0 radical (unpaired) electrons. The Morgan fingerprint density at radius 1 is 1.45 bits per heavy atom. The first-order chi connectivity index (χ1) is 9.45. The van der Waals surface area contributed by atoms with Crippen molar-refractivity contribution >= 4 is 27.5 Å². The average Bonchev–Trinajstić information content (AvgIpc) is 2.76. The molecule has 1 saturated carbocycles. The molecule has 1 fully saturated rings. The van der Waals surface area contributed by atoms with Crippen LogP contribution in [-0.2, 0) is 0 Å². The smallest absolute Gasteiger partial charge is 0.232 e. The van der Waals surface area contributed by atoms with Crippen LogP contribution in [0.15, 0.2) is 27.2 Å². The van der Waals surface area contributed by atoms with Gasteiger partial charge in [0.1, 0.15) is 0 Å². The lowest BCUT2D eigenvalue weighted by Crippen LogP contribution is -1.90. The Morgan fingerprint density at radius 3 is 2.80 bits per heavy atom. The molecule has 1 aromatic heterocycles. The van der Waals surface area contributed by atoms with Gasteiger partial charge in [-0.3, -0.25) is 0 Å². The molecule has 0 aliphatic heterocycles. The largest absolute Gasteiger partial charge is 0.339 e. The molecule has 0 saturated heterocycles. The van der Waals surface area contributed by atoms with Gasteiger partial charge in [0, 0.05) is 10.0 Å². The number of hydrogen-bond donors (Lipinski definition) is 0. The normalized spacial score (nSPS) is 23.4. The fourth-order valence-electron chi connectivity index (χ4n) is 2.45. The number of nitriles is 1. The summed E-state index contributed by atoms with van der Waals surface area (Å²) in [6.07, 6.45) is 0. The second-order valence-corrected chi connectivity index (χ2v) is 6.75. The molecule has 0 bridgehead atoms. The van der Waals surface area contributed by atoms with E-state index < -0.39 is 0 Å². The number of rotatable bonds is 2. The fourth-order valence-corrected chi connectivity index (χ4v) is 2.95. The van der Waals surface area contributed by atoms with Gasteiger partial charge in [-0.2, -0.15) is 10.2 Å². The van der Waals surface area contributed by atoms with Crippen LogP contribution < -0.4 is 0 Å². The minimum atomic E-state index is -0.0981. The molecule has 0 spiro atoms. The molecule has 4 nitrogen and oxygen atoms in total. The summed E-state index contributed by atoms with van der Waals surface area (Å²) >= 11 is 9.33. The molecule has 2 aromatic rings. The maximum atomic E-state index is 9.10. The summed E-state index contributed by atoms with van der Waals surface area (Å²) in [5.41, 5.74) is 0.724. The quantitative estimate of drug-likeness (QED) is 0.803. The van der Waals surface area contributed by atoms with E-state index in [9.17, 15) is 0 Å².